The Kier molecular flexibility index (Phi) is 3.31. The Labute approximate surface area is 104 Å². The third-order valence-electron chi connectivity index (χ3n) is 3.04. The minimum atomic E-state index is -1.65. The van der Waals surface area contributed by atoms with Crippen molar-refractivity contribution in [3.8, 4) is 0 Å². The summed E-state index contributed by atoms with van der Waals surface area (Å²) in [6.07, 6.45) is 3.71. The van der Waals surface area contributed by atoms with E-state index in [-0.39, 0.29) is 5.97 Å². The lowest BCUT2D eigenvalue weighted by molar-refractivity contribution is -0.159. The van der Waals surface area contributed by atoms with E-state index in [4.69, 9.17) is 9.16 Å². The van der Waals surface area contributed by atoms with Gasteiger partial charge < -0.3 is 14.1 Å². The maximum Gasteiger partial charge on any atom is 0.356 e. The number of hydrogen-bond donors (Lipinski definition) is 0. The minimum Gasteiger partial charge on any atom is -0.432 e. The molecule has 96 valence electrons. The molecule has 0 saturated carbocycles. The average Bonchev–Trinajstić information content (AvgIpc) is 2.37. The molecule has 2 heterocycles. The van der Waals surface area contributed by atoms with Gasteiger partial charge in [-0.15, -0.1) is 0 Å². The molecule has 5 heteroatoms. The van der Waals surface area contributed by atoms with E-state index in [1.54, 1.807) is 6.92 Å². The van der Waals surface area contributed by atoms with E-state index >= 15 is 0 Å². The van der Waals surface area contributed by atoms with E-state index in [0.717, 1.165) is 18.7 Å². The van der Waals surface area contributed by atoms with E-state index in [9.17, 15) is 4.79 Å². The van der Waals surface area contributed by atoms with Crippen molar-refractivity contribution in [3.05, 3.63) is 11.8 Å². The van der Waals surface area contributed by atoms with Gasteiger partial charge in [0.05, 0.1) is 0 Å². The third-order valence-corrected chi connectivity index (χ3v) is 4.08. The van der Waals surface area contributed by atoms with Crippen LogP contribution in [-0.2, 0) is 14.0 Å². The molecule has 0 spiro atoms. The Balaban J connectivity index is 1.85. The van der Waals surface area contributed by atoms with Crippen LogP contribution in [-0.4, -0.2) is 38.1 Å². The molecule has 17 heavy (non-hydrogen) atoms. The first kappa shape index (κ1) is 12.6. The van der Waals surface area contributed by atoms with Gasteiger partial charge in [0, 0.05) is 12.6 Å². The van der Waals surface area contributed by atoms with E-state index in [2.05, 4.69) is 24.5 Å². The Hall–Kier alpha value is -0.813. The topological polar surface area (TPSA) is 38.8 Å². The van der Waals surface area contributed by atoms with Crippen LogP contribution in [0.15, 0.2) is 11.8 Å². The number of hydrogen-bond acceptors (Lipinski definition) is 4. The Morgan fingerprint density at radius 2 is 2.24 bits per heavy atom. The van der Waals surface area contributed by atoms with E-state index in [0.29, 0.717) is 6.04 Å². The fraction of sp³-hybridized carbons (Fsp3) is 0.750. The van der Waals surface area contributed by atoms with Crippen molar-refractivity contribution in [1.82, 2.24) is 4.90 Å². The van der Waals surface area contributed by atoms with Crippen molar-refractivity contribution in [2.45, 2.75) is 51.7 Å². The first-order chi connectivity index (χ1) is 7.87. The van der Waals surface area contributed by atoms with Gasteiger partial charge in [-0.3, -0.25) is 0 Å². The first-order valence-corrected chi connectivity index (χ1v) is 9.63. The maximum atomic E-state index is 11.9. The highest BCUT2D eigenvalue weighted by molar-refractivity contribution is 6.69. The van der Waals surface area contributed by atoms with Gasteiger partial charge >= 0.3 is 5.97 Å². The summed E-state index contributed by atoms with van der Waals surface area (Å²) in [7, 11) is -1.65. The number of esters is 1. The monoisotopic (exact) mass is 255 g/mol. The second kappa shape index (κ2) is 4.46. The fourth-order valence-corrected chi connectivity index (χ4v) is 3.35. The number of carbonyl (C=O) groups excluding carboxylic acids is 1. The first-order valence-electron chi connectivity index (χ1n) is 6.22. The van der Waals surface area contributed by atoms with Gasteiger partial charge in [0.25, 0.3) is 0 Å². The van der Waals surface area contributed by atoms with Crippen LogP contribution in [0.3, 0.4) is 0 Å². The molecule has 2 rings (SSSR count). The highest BCUT2D eigenvalue weighted by Gasteiger charge is 2.37. The van der Waals surface area contributed by atoms with E-state index in [1.165, 1.54) is 6.42 Å². The van der Waals surface area contributed by atoms with Gasteiger partial charge in [-0.1, -0.05) is 6.08 Å². The van der Waals surface area contributed by atoms with Gasteiger partial charge in [0.2, 0.25) is 0 Å². The quantitative estimate of drug-likeness (QED) is 0.438. The molecular weight excluding hydrogens is 234 g/mol. The number of nitrogens with zero attached hydrogens (tertiary/aromatic N) is 1. The SMILES string of the molecule is C[C@H](OC(=O)C1=CCC2CCN12)O[Si](C)(C)C. The molecule has 0 radical (unpaired) electrons. The predicted molar refractivity (Wildman–Crippen MR) is 67.8 cm³/mol. The molecule has 1 fully saturated rings. The van der Waals surface area contributed by atoms with Crippen molar-refractivity contribution in [3.63, 3.8) is 0 Å². The van der Waals surface area contributed by atoms with Crippen molar-refractivity contribution in [2.24, 2.45) is 0 Å². The van der Waals surface area contributed by atoms with Crippen molar-refractivity contribution < 1.29 is 14.0 Å². The Morgan fingerprint density at radius 1 is 1.53 bits per heavy atom. The van der Waals surface area contributed by atoms with E-state index < -0.39 is 14.6 Å². The van der Waals surface area contributed by atoms with Gasteiger partial charge in [-0.2, -0.15) is 0 Å². The molecule has 0 aromatic rings. The second-order valence-electron chi connectivity index (χ2n) is 5.66. The summed E-state index contributed by atoms with van der Waals surface area (Å²) in [4.78, 5) is 14.1. The summed E-state index contributed by atoms with van der Waals surface area (Å²) in [5.74, 6) is -0.238. The molecular formula is C12H21NO3Si. The molecule has 0 aromatic heterocycles. The molecule has 2 atom stereocenters. The molecule has 0 aromatic carbocycles. The highest BCUT2D eigenvalue weighted by Crippen LogP contribution is 2.32. The zero-order chi connectivity index (χ0) is 12.6. The lowest BCUT2D eigenvalue weighted by Gasteiger charge is -2.38. The fourth-order valence-electron chi connectivity index (χ4n) is 2.30. The van der Waals surface area contributed by atoms with E-state index in [1.807, 2.05) is 6.08 Å². The predicted octanol–water partition coefficient (Wildman–Crippen LogP) is 2.09. The molecule has 1 saturated heterocycles. The zero-order valence-corrected chi connectivity index (χ0v) is 12.0. The Morgan fingerprint density at radius 3 is 2.71 bits per heavy atom. The van der Waals surface area contributed by atoms with Crippen LogP contribution in [0.5, 0.6) is 0 Å². The van der Waals surface area contributed by atoms with Crippen molar-refractivity contribution in [1.29, 1.82) is 0 Å². The van der Waals surface area contributed by atoms with Crippen LogP contribution in [0.25, 0.3) is 0 Å². The number of rotatable bonds is 4. The lowest BCUT2D eigenvalue weighted by atomic mass is 10.0. The average molecular weight is 255 g/mol. The van der Waals surface area contributed by atoms with Crippen LogP contribution >= 0.6 is 0 Å². The van der Waals surface area contributed by atoms with Crippen LogP contribution in [0, 0.1) is 0 Å². The largest absolute Gasteiger partial charge is 0.432 e. The molecule has 0 amide bonds. The van der Waals surface area contributed by atoms with Gasteiger partial charge in [0.1, 0.15) is 5.70 Å². The highest BCUT2D eigenvalue weighted by atomic mass is 28.4. The Bertz CT molecular complexity index is 348. The van der Waals surface area contributed by atoms with Gasteiger partial charge in [-0.25, -0.2) is 4.79 Å². The molecule has 4 nitrogen and oxygen atoms in total. The van der Waals surface area contributed by atoms with Gasteiger partial charge in [0.15, 0.2) is 14.6 Å². The molecule has 2 aliphatic rings. The summed E-state index contributed by atoms with van der Waals surface area (Å²) in [6, 6.07) is 0.547. The standard InChI is InChI=1S/C12H21NO3Si/c1-9(16-17(2,3)4)15-12(14)11-6-5-10-7-8-13(10)11/h6,9-10H,5,7-8H2,1-4H3/t9-,10?/m1/s1. The molecule has 2 aliphatic heterocycles. The molecule has 0 aliphatic carbocycles. The number of carbonyl (C=O) groups is 1. The van der Waals surface area contributed by atoms with Crippen molar-refractivity contribution in [2.75, 3.05) is 6.54 Å². The lowest BCUT2D eigenvalue weighted by Crippen LogP contribution is -2.45. The van der Waals surface area contributed by atoms with Gasteiger partial charge in [-0.05, 0) is 39.4 Å². The number of ether oxygens (including phenoxy) is 1. The summed E-state index contributed by atoms with van der Waals surface area (Å²) in [5.41, 5.74) is 0.729. The summed E-state index contributed by atoms with van der Waals surface area (Å²) >= 11 is 0. The van der Waals surface area contributed by atoms with Crippen molar-refractivity contribution >= 4 is 14.3 Å². The maximum absolute atomic E-state index is 11.9. The molecule has 1 unspecified atom stereocenters. The summed E-state index contributed by atoms with van der Waals surface area (Å²) in [5, 5.41) is 0. The van der Waals surface area contributed by atoms with Crippen LogP contribution in [0.2, 0.25) is 19.6 Å². The zero-order valence-electron chi connectivity index (χ0n) is 11.0. The normalized spacial score (nSPS) is 24.8. The number of fused-ring (bicyclic) bond motifs is 1. The van der Waals surface area contributed by atoms with Crippen LogP contribution in [0.4, 0.5) is 0 Å². The smallest absolute Gasteiger partial charge is 0.356 e. The third kappa shape index (κ3) is 2.90. The van der Waals surface area contributed by atoms with Crippen LogP contribution in [0.1, 0.15) is 19.8 Å². The van der Waals surface area contributed by atoms with Crippen LogP contribution < -0.4 is 0 Å². The summed E-state index contributed by atoms with van der Waals surface area (Å²) < 4.78 is 11.0. The molecule has 0 N–H and O–H groups in total. The molecule has 0 bridgehead atoms. The second-order valence-corrected chi connectivity index (χ2v) is 10.1. The minimum absolute atomic E-state index is 0.238. The summed E-state index contributed by atoms with van der Waals surface area (Å²) in [6.45, 7) is 9.01.